The molecule has 0 atom stereocenters. The van der Waals surface area contributed by atoms with Crippen LogP contribution in [0.3, 0.4) is 0 Å². The summed E-state index contributed by atoms with van der Waals surface area (Å²) in [5.74, 6) is 1.46. The van der Waals surface area contributed by atoms with Gasteiger partial charge in [0.05, 0.1) is 14.2 Å². The number of benzene rings is 2. The smallest absolute Gasteiger partial charge is 0.270 e. The monoisotopic (exact) mass is 364 g/mol. The summed E-state index contributed by atoms with van der Waals surface area (Å²) in [5, 5.41) is 1.10. The molecule has 140 valence electrons. The number of carbonyl (C=O) groups excluding carboxylic acids is 1. The predicted octanol–water partition coefficient (Wildman–Crippen LogP) is 4.00. The van der Waals surface area contributed by atoms with Crippen LogP contribution in [0.2, 0.25) is 0 Å². The normalized spacial score (nSPS) is 13.6. The minimum atomic E-state index is 0.0312. The van der Waals surface area contributed by atoms with E-state index in [2.05, 4.69) is 31.0 Å². The Morgan fingerprint density at radius 3 is 2.41 bits per heavy atom. The Kier molecular flexibility index (Phi) is 4.30. The SMILES string of the molecule is COc1cc2c(cc1OC)CN(C(=O)c1cc3c(C)cc(C)cc3[nH]1)CC2. The maximum Gasteiger partial charge on any atom is 0.270 e. The van der Waals surface area contributed by atoms with Crippen LogP contribution in [-0.2, 0) is 13.0 Å². The number of amides is 1. The molecule has 0 saturated heterocycles. The van der Waals surface area contributed by atoms with E-state index in [0.29, 0.717) is 24.5 Å². The van der Waals surface area contributed by atoms with E-state index in [1.807, 2.05) is 23.1 Å². The summed E-state index contributed by atoms with van der Waals surface area (Å²) < 4.78 is 10.8. The third-order valence-electron chi connectivity index (χ3n) is 5.32. The average Bonchev–Trinajstić information content (AvgIpc) is 3.10. The first-order chi connectivity index (χ1) is 13.0. The van der Waals surface area contributed by atoms with Crippen molar-refractivity contribution < 1.29 is 14.3 Å². The summed E-state index contributed by atoms with van der Waals surface area (Å²) in [6.45, 7) is 5.41. The van der Waals surface area contributed by atoms with Crippen LogP contribution in [0.1, 0.15) is 32.7 Å². The molecule has 1 aliphatic rings. The van der Waals surface area contributed by atoms with Crippen molar-refractivity contribution in [1.82, 2.24) is 9.88 Å². The molecule has 5 heteroatoms. The fourth-order valence-electron chi connectivity index (χ4n) is 3.94. The average molecular weight is 364 g/mol. The van der Waals surface area contributed by atoms with Crippen LogP contribution in [0, 0.1) is 13.8 Å². The largest absolute Gasteiger partial charge is 0.493 e. The Hall–Kier alpha value is -2.95. The van der Waals surface area contributed by atoms with Crippen molar-refractivity contribution in [3.8, 4) is 11.5 Å². The predicted molar refractivity (Wildman–Crippen MR) is 106 cm³/mol. The number of aryl methyl sites for hydroxylation is 2. The van der Waals surface area contributed by atoms with Crippen LogP contribution in [-0.4, -0.2) is 36.6 Å². The molecule has 27 heavy (non-hydrogen) atoms. The summed E-state index contributed by atoms with van der Waals surface area (Å²) in [6.07, 6.45) is 0.805. The number of methoxy groups -OCH3 is 2. The van der Waals surface area contributed by atoms with Crippen LogP contribution in [0.5, 0.6) is 11.5 Å². The van der Waals surface area contributed by atoms with Crippen molar-refractivity contribution in [2.24, 2.45) is 0 Å². The molecule has 5 nitrogen and oxygen atoms in total. The Balaban J connectivity index is 1.64. The maximum atomic E-state index is 13.1. The summed E-state index contributed by atoms with van der Waals surface area (Å²) >= 11 is 0. The van der Waals surface area contributed by atoms with Gasteiger partial charge in [-0.15, -0.1) is 0 Å². The standard InChI is InChI=1S/C22H24N2O3/c1-13-7-14(2)17-11-19(23-18(17)8-13)22(25)24-6-5-15-9-20(26-3)21(27-4)10-16(15)12-24/h7-11,23H,5-6,12H2,1-4H3. The molecule has 1 aliphatic heterocycles. The second-order valence-electron chi connectivity index (χ2n) is 7.18. The molecule has 1 aromatic heterocycles. The molecule has 0 bridgehead atoms. The number of aromatic nitrogens is 1. The molecule has 0 aliphatic carbocycles. The van der Waals surface area contributed by atoms with Crippen LogP contribution in [0.15, 0.2) is 30.3 Å². The third kappa shape index (κ3) is 3.03. The summed E-state index contributed by atoms with van der Waals surface area (Å²) in [6, 6.07) is 10.2. The van der Waals surface area contributed by atoms with Gasteiger partial charge in [0.1, 0.15) is 5.69 Å². The van der Waals surface area contributed by atoms with E-state index in [-0.39, 0.29) is 5.91 Å². The second kappa shape index (κ2) is 6.65. The van der Waals surface area contributed by atoms with Crippen LogP contribution < -0.4 is 9.47 Å². The molecular formula is C22H24N2O3. The maximum absolute atomic E-state index is 13.1. The molecule has 1 amide bonds. The fourth-order valence-corrected chi connectivity index (χ4v) is 3.94. The van der Waals surface area contributed by atoms with Crippen molar-refractivity contribution in [1.29, 1.82) is 0 Å². The van der Waals surface area contributed by atoms with Gasteiger partial charge >= 0.3 is 0 Å². The van der Waals surface area contributed by atoms with Gasteiger partial charge in [-0.25, -0.2) is 0 Å². The van der Waals surface area contributed by atoms with Gasteiger partial charge in [0.25, 0.3) is 5.91 Å². The van der Waals surface area contributed by atoms with Gasteiger partial charge in [-0.1, -0.05) is 6.07 Å². The van der Waals surface area contributed by atoms with Gasteiger partial charge in [0.15, 0.2) is 11.5 Å². The van der Waals surface area contributed by atoms with E-state index >= 15 is 0 Å². The van der Waals surface area contributed by atoms with Gasteiger partial charge in [-0.05, 0) is 66.8 Å². The zero-order valence-electron chi connectivity index (χ0n) is 16.2. The summed E-state index contributed by atoms with van der Waals surface area (Å²) in [5.41, 5.74) is 6.34. The molecule has 0 unspecified atom stereocenters. The highest BCUT2D eigenvalue weighted by atomic mass is 16.5. The Morgan fingerprint density at radius 2 is 1.70 bits per heavy atom. The minimum absolute atomic E-state index is 0.0312. The Bertz CT molecular complexity index is 1040. The van der Waals surface area contributed by atoms with Gasteiger partial charge < -0.3 is 19.4 Å². The highest BCUT2D eigenvalue weighted by molar-refractivity contribution is 5.99. The molecule has 0 saturated carbocycles. The lowest BCUT2D eigenvalue weighted by Gasteiger charge is -2.29. The number of nitrogens with zero attached hydrogens (tertiary/aromatic N) is 1. The van der Waals surface area contributed by atoms with Crippen LogP contribution in [0.25, 0.3) is 10.9 Å². The molecule has 1 N–H and O–H groups in total. The molecule has 2 heterocycles. The van der Waals surface area contributed by atoms with Crippen molar-refractivity contribution in [3.05, 3.63) is 58.3 Å². The molecule has 2 aromatic carbocycles. The number of aromatic amines is 1. The summed E-state index contributed by atoms with van der Waals surface area (Å²) in [4.78, 5) is 18.3. The lowest BCUT2D eigenvalue weighted by molar-refractivity contribution is 0.0729. The van der Waals surface area contributed by atoms with Gasteiger partial charge in [0, 0.05) is 24.0 Å². The molecule has 0 fully saturated rings. The third-order valence-corrected chi connectivity index (χ3v) is 5.32. The first-order valence-electron chi connectivity index (χ1n) is 9.13. The van der Waals surface area contributed by atoms with Gasteiger partial charge in [-0.3, -0.25) is 4.79 Å². The molecule has 0 spiro atoms. The topological polar surface area (TPSA) is 54.6 Å². The number of nitrogens with one attached hydrogen (secondary N) is 1. The van der Waals surface area contributed by atoms with Crippen LogP contribution in [0.4, 0.5) is 0 Å². The van der Waals surface area contributed by atoms with E-state index in [4.69, 9.17) is 9.47 Å². The molecule has 3 aromatic rings. The van der Waals surface area contributed by atoms with E-state index in [1.54, 1.807) is 14.2 Å². The second-order valence-corrected chi connectivity index (χ2v) is 7.18. The fraction of sp³-hybridized carbons (Fsp3) is 0.318. The lowest BCUT2D eigenvalue weighted by atomic mass is 9.98. The van der Waals surface area contributed by atoms with Crippen molar-refractivity contribution in [2.45, 2.75) is 26.8 Å². The lowest BCUT2D eigenvalue weighted by Crippen LogP contribution is -2.36. The molecule has 0 radical (unpaired) electrons. The van der Waals surface area contributed by atoms with E-state index < -0.39 is 0 Å². The van der Waals surface area contributed by atoms with E-state index in [9.17, 15) is 4.79 Å². The van der Waals surface area contributed by atoms with E-state index in [0.717, 1.165) is 28.6 Å². The van der Waals surface area contributed by atoms with E-state index in [1.165, 1.54) is 16.7 Å². The minimum Gasteiger partial charge on any atom is -0.493 e. The molecular weight excluding hydrogens is 340 g/mol. The number of ether oxygens (including phenoxy) is 2. The number of H-pyrrole nitrogens is 1. The highest BCUT2D eigenvalue weighted by Gasteiger charge is 2.25. The number of carbonyl (C=O) groups is 1. The Labute approximate surface area is 158 Å². The van der Waals surface area contributed by atoms with Crippen molar-refractivity contribution in [3.63, 3.8) is 0 Å². The first-order valence-corrected chi connectivity index (χ1v) is 9.13. The van der Waals surface area contributed by atoms with Crippen molar-refractivity contribution in [2.75, 3.05) is 20.8 Å². The van der Waals surface area contributed by atoms with Gasteiger partial charge in [0.2, 0.25) is 0 Å². The number of rotatable bonds is 3. The quantitative estimate of drug-likeness (QED) is 0.764. The number of hydrogen-bond acceptors (Lipinski definition) is 3. The van der Waals surface area contributed by atoms with Crippen molar-refractivity contribution >= 4 is 16.8 Å². The Morgan fingerprint density at radius 1 is 1.00 bits per heavy atom. The van der Waals surface area contributed by atoms with Gasteiger partial charge in [-0.2, -0.15) is 0 Å². The first kappa shape index (κ1) is 17.5. The highest BCUT2D eigenvalue weighted by Crippen LogP contribution is 2.33. The number of fused-ring (bicyclic) bond motifs is 2. The summed E-state index contributed by atoms with van der Waals surface area (Å²) in [7, 11) is 3.27. The zero-order valence-corrected chi connectivity index (χ0v) is 16.2. The number of hydrogen-bond donors (Lipinski definition) is 1. The zero-order chi connectivity index (χ0) is 19.1. The molecule has 4 rings (SSSR count). The van der Waals surface area contributed by atoms with Crippen LogP contribution >= 0.6 is 0 Å².